The summed E-state index contributed by atoms with van der Waals surface area (Å²) in [5.41, 5.74) is -3.79. The minimum absolute atomic E-state index is 0.143. The molecule has 3 N–H and O–H groups in total. The second kappa shape index (κ2) is 9.41. The number of rotatable bonds is 6. The maximum Gasteiger partial charge on any atom is 0.432 e. The van der Waals surface area contributed by atoms with Gasteiger partial charge in [0, 0.05) is 18.8 Å². The molecule has 0 aliphatic heterocycles. The number of nitrogens with one attached hydrogen (secondary N) is 3. The van der Waals surface area contributed by atoms with Crippen molar-refractivity contribution in [3.05, 3.63) is 70.6 Å². The number of amides is 1. The number of carbonyl (C=O) groups is 1. The Balaban J connectivity index is 2.28. The topological polar surface area (TPSA) is 91.0 Å². The van der Waals surface area contributed by atoms with E-state index in [0.717, 1.165) is 25.1 Å². The number of nitrogens with zero attached hydrogens (tertiary/aromatic N) is 1. The van der Waals surface area contributed by atoms with Crippen LogP contribution in [0.15, 0.2) is 52.7 Å². The molecule has 3 aromatic rings. The van der Waals surface area contributed by atoms with Gasteiger partial charge >= 0.3 is 6.18 Å². The van der Waals surface area contributed by atoms with E-state index in [1.807, 2.05) is 5.32 Å². The van der Waals surface area contributed by atoms with Gasteiger partial charge in [0.2, 0.25) is 5.91 Å². The number of halogens is 6. The second-order valence-electron chi connectivity index (χ2n) is 6.58. The first kappa shape index (κ1) is 23.9. The number of benzene rings is 2. The molecule has 0 fully saturated rings. The van der Waals surface area contributed by atoms with E-state index in [9.17, 15) is 26.7 Å². The number of alkyl halides is 3. The molecule has 12 heteroatoms. The monoisotopic (exact) mass is 484 g/mol. The largest absolute Gasteiger partial charge is 0.432 e. The van der Waals surface area contributed by atoms with Crippen LogP contribution in [0.25, 0.3) is 16.8 Å². The van der Waals surface area contributed by atoms with Crippen molar-refractivity contribution in [1.29, 1.82) is 5.41 Å². The maximum atomic E-state index is 14.5. The van der Waals surface area contributed by atoms with Crippen molar-refractivity contribution in [2.75, 3.05) is 10.6 Å². The average Bonchev–Trinajstić information content (AvgIpc) is 3.09. The predicted octanol–water partition coefficient (Wildman–Crippen LogP) is 6.27. The number of aromatic nitrogens is 1. The highest BCUT2D eigenvalue weighted by Gasteiger charge is 2.39. The lowest BCUT2D eigenvalue weighted by Gasteiger charge is -2.17. The molecule has 0 unspecified atom stereocenters. The van der Waals surface area contributed by atoms with Crippen LogP contribution in [-0.2, 0) is 4.79 Å². The summed E-state index contributed by atoms with van der Waals surface area (Å²) in [5, 5.41) is 15.3. The zero-order valence-corrected chi connectivity index (χ0v) is 17.4. The molecule has 2 aromatic carbocycles. The molecule has 0 saturated heterocycles. The van der Waals surface area contributed by atoms with Crippen LogP contribution in [0.5, 0.6) is 0 Å². The molecule has 33 heavy (non-hydrogen) atoms. The Hall–Kier alpha value is -3.73. The van der Waals surface area contributed by atoms with Gasteiger partial charge in [-0.25, -0.2) is 8.78 Å². The minimum atomic E-state index is -5.07. The first-order chi connectivity index (χ1) is 15.5. The quantitative estimate of drug-likeness (QED) is 0.284. The first-order valence-electron chi connectivity index (χ1n) is 9.09. The molecule has 0 radical (unpaired) electrons. The molecule has 0 spiro atoms. The zero-order chi connectivity index (χ0) is 24.3. The molecule has 3 rings (SSSR count). The SMILES string of the molecule is CC(=O)Nc1c(-c2c(F)cccc2Cl)noc1/C(C=N)=C(/Nc1cccc(F)c1)C(F)(F)F. The highest BCUT2D eigenvalue weighted by Crippen LogP contribution is 2.41. The van der Waals surface area contributed by atoms with Crippen molar-refractivity contribution in [2.45, 2.75) is 13.1 Å². The van der Waals surface area contributed by atoms with Gasteiger partial charge in [-0.05, 0) is 30.3 Å². The molecule has 1 heterocycles. The molecule has 0 atom stereocenters. The Bertz CT molecular complexity index is 1230. The van der Waals surface area contributed by atoms with Gasteiger partial charge < -0.3 is 20.6 Å². The summed E-state index contributed by atoms with van der Waals surface area (Å²) in [7, 11) is 0. The lowest BCUT2D eigenvalue weighted by molar-refractivity contribution is -0.114. The second-order valence-corrected chi connectivity index (χ2v) is 6.99. The molecule has 172 valence electrons. The number of hydrogen-bond acceptors (Lipinski definition) is 5. The van der Waals surface area contributed by atoms with Gasteiger partial charge in [0.25, 0.3) is 0 Å². The molecular formula is C21H14ClF5N4O2. The van der Waals surface area contributed by atoms with Gasteiger partial charge in [0.15, 0.2) is 5.76 Å². The number of carbonyl (C=O) groups excluding carboxylic acids is 1. The summed E-state index contributed by atoms with van der Waals surface area (Å²) < 4.78 is 74.8. The first-order valence-corrected chi connectivity index (χ1v) is 9.47. The van der Waals surface area contributed by atoms with Gasteiger partial charge in [0.1, 0.15) is 28.7 Å². The van der Waals surface area contributed by atoms with Crippen LogP contribution < -0.4 is 10.6 Å². The van der Waals surface area contributed by atoms with Gasteiger partial charge in [-0.2, -0.15) is 13.2 Å². The molecule has 0 aliphatic rings. The van der Waals surface area contributed by atoms with Crippen molar-refractivity contribution in [3.8, 4) is 11.3 Å². The van der Waals surface area contributed by atoms with Crippen molar-refractivity contribution in [3.63, 3.8) is 0 Å². The Labute approximate surface area is 188 Å². The summed E-state index contributed by atoms with van der Waals surface area (Å²) >= 11 is 6.03. The summed E-state index contributed by atoms with van der Waals surface area (Å²) in [5.74, 6) is -3.09. The Morgan fingerprint density at radius 3 is 2.42 bits per heavy atom. The van der Waals surface area contributed by atoms with Gasteiger partial charge in [-0.15, -0.1) is 0 Å². The Morgan fingerprint density at radius 2 is 1.85 bits per heavy atom. The fraction of sp³-hybridized carbons (Fsp3) is 0.0952. The summed E-state index contributed by atoms with van der Waals surface area (Å²) in [6, 6.07) is 7.86. The van der Waals surface area contributed by atoms with E-state index in [4.69, 9.17) is 21.5 Å². The van der Waals surface area contributed by atoms with Crippen LogP contribution in [0.4, 0.5) is 33.3 Å². The molecular weight excluding hydrogens is 471 g/mol. The van der Waals surface area contributed by atoms with E-state index in [0.29, 0.717) is 6.21 Å². The smallest absolute Gasteiger partial charge is 0.353 e. The summed E-state index contributed by atoms with van der Waals surface area (Å²) in [6.45, 7) is 1.06. The van der Waals surface area contributed by atoms with Crippen LogP contribution in [-0.4, -0.2) is 23.5 Å². The number of anilines is 2. The van der Waals surface area contributed by atoms with E-state index in [1.165, 1.54) is 24.3 Å². The average molecular weight is 485 g/mol. The van der Waals surface area contributed by atoms with E-state index < -0.39 is 46.4 Å². The third-order valence-corrected chi connectivity index (χ3v) is 4.54. The van der Waals surface area contributed by atoms with Crippen molar-refractivity contribution in [2.24, 2.45) is 0 Å². The third kappa shape index (κ3) is 5.20. The van der Waals surface area contributed by atoms with Crippen LogP contribution in [0.3, 0.4) is 0 Å². The predicted molar refractivity (Wildman–Crippen MR) is 113 cm³/mol. The van der Waals surface area contributed by atoms with Crippen LogP contribution in [0.2, 0.25) is 5.02 Å². The number of hydrogen-bond donors (Lipinski definition) is 3. The molecule has 1 amide bonds. The molecule has 6 nitrogen and oxygen atoms in total. The van der Waals surface area contributed by atoms with Gasteiger partial charge in [0.05, 0.1) is 16.2 Å². The molecule has 1 aromatic heterocycles. The van der Waals surface area contributed by atoms with Crippen LogP contribution in [0.1, 0.15) is 12.7 Å². The van der Waals surface area contributed by atoms with E-state index >= 15 is 0 Å². The highest BCUT2D eigenvalue weighted by atomic mass is 35.5. The highest BCUT2D eigenvalue weighted by molar-refractivity contribution is 6.33. The van der Waals surface area contributed by atoms with Crippen LogP contribution >= 0.6 is 11.6 Å². The minimum Gasteiger partial charge on any atom is -0.353 e. The maximum absolute atomic E-state index is 14.5. The van der Waals surface area contributed by atoms with Crippen molar-refractivity contribution in [1.82, 2.24) is 5.16 Å². The summed E-state index contributed by atoms with van der Waals surface area (Å²) in [6.07, 6.45) is -4.76. The lowest BCUT2D eigenvalue weighted by Crippen LogP contribution is -2.22. The Kier molecular flexibility index (Phi) is 6.82. The van der Waals surface area contributed by atoms with Gasteiger partial charge in [-0.3, -0.25) is 4.79 Å². The molecule has 0 bridgehead atoms. The third-order valence-electron chi connectivity index (χ3n) is 4.23. The van der Waals surface area contributed by atoms with E-state index in [2.05, 4.69) is 10.5 Å². The van der Waals surface area contributed by atoms with Crippen LogP contribution in [0, 0.1) is 17.0 Å². The van der Waals surface area contributed by atoms with E-state index in [-0.39, 0.29) is 22.0 Å². The van der Waals surface area contributed by atoms with Crippen molar-refractivity contribution < 1.29 is 31.3 Å². The molecule has 0 aliphatic carbocycles. The normalized spacial score (nSPS) is 12.2. The van der Waals surface area contributed by atoms with E-state index in [1.54, 1.807) is 0 Å². The zero-order valence-electron chi connectivity index (χ0n) is 16.7. The fourth-order valence-electron chi connectivity index (χ4n) is 2.91. The Morgan fingerprint density at radius 1 is 1.15 bits per heavy atom. The van der Waals surface area contributed by atoms with Crippen molar-refractivity contribution >= 4 is 40.7 Å². The lowest BCUT2D eigenvalue weighted by atomic mass is 10.0. The summed E-state index contributed by atoms with van der Waals surface area (Å²) in [4.78, 5) is 11.8. The van der Waals surface area contributed by atoms with Gasteiger partial charge in [-0.1, -0.05) is 28.9 Å². The standard InChI is InChI=1S/C21H14ClF5N4O2/c1-10(32)29-18-17(16-14(22)6-3-7-15(16)24)31-33-19(18)13(9-28)20(21(25,26)27)30-12-5-2-4-11(23)8-12/h2-9,28,30H,1H3,(H,29,32)/b20-13+,28-9?. The molecule has 0 saturated carbocycles. The number of allylic oxidation sites excluding steroid dienone is 2. The fourth-order valence-corrected chi connectivity index (χ4v) is 3.17.